The first-order valence-electron chi connectivity index (χ1n) is 6.91. The van der Waals surface area contributed by atoms with Crippen molar-refractivity contribution in [2.75, 3.05) is 0 Å². The molecule has 1 saturated carbocycles. The summed E-state index contributed by atoms with van der Waals surface area (Å²) < 4.78 is 5.57. The van der Waals surface area contributed by atoms with Crippen molar-refractivity contribution < 1.29 is 9.53 Å². The molecule has 4 atom stereocenters. The lowest BCUT2D eigenvalue weighted by atomic mass is 9.60. The third-order valence-electron chi connectivity index (χ3n) is 5.37. The maximum atomic E-state index is 11.7. The Bertz CT molecular complexity index is 396. The molecule has 0 aromatic rings. The van der Waals surface area contributed by atoms with Crippen LogP contribution in [0.15, 0.2) is 11.1 Å². The molecule has 2 fully saturated rings. The van der Waals surface area contributed by atoms with Gasteiger partial charge in [0, 0.05) is 5.92 Å². The third kappa shape index (κ3) is 1.56. The summed E-state index contributed by atoms with van der Waals surface area (Å²) in [4.78, 5) is 11.7. The van der Waals surface area contributed by atoms with E-state index in [0.717, 1.165) is 12.8 Å². The normalized spacial score (nSPS) is 45.4. The van der Waals surface area contributed by atoms with Crippen molar-refractivity contribution in [3.63, 3.8) is 0 Å². The first-order valence-corrected chi connectivity index (χ1v) is 6.91. The van der Waals surface area contributed by atoms with Gasteiger partial charge in [-0.2, -0.15) is 0 Å². The van der Waals surface area contributed by atoms with E-state index in [0.29, 0.717) is 11.3 Å². The summed E-state index contributed by atoms with van der Waals surface area (Å²) >= 11 is 0. The summed E-state index contributed by atoms with van der Waals surface area (Å²) in [7, 11) is 0. The summed E-state index contributed by atoms with van der Waals surface area (Å²) in [5.41, 5.74) is 3.55. The van der Waals surface area contributed by atoms with Crippen LogP contribution in [0.25, 0.3) is 0 Å². The molecule has 1 heterocycles. The highest BCUT2D eigenvalue weighted by Gasteiger charge is 2.51. The molecule has 17 heavy (non-hydrogen) atoms. The van der Waals surface area contributed by atoms with Crippen LogP contribution >= 0.6 is 0 Å². The van der Waals surface area contributed by atoms with Gasteiger partial charge in [0.15, 0.2) is 0 Å². The minimum Gasteiger partial charge on any atom is -0.462 e. The van der Waals surface area contributed by atoms with E-state index < -0.39 is 0 Å². The Labute approximate surface area is 103 Å². The number of fused-ring (bicyclic) bond motifs is 2. The van der Waals surface area contributed by atoms with E-state index in [1.807, 2.05) is 6.92 Å². The predicted molar refractivity (Wildman–Crippen MR) is 66.4 cm³/mol. The van der Waals surface area contributed by atoms with Crippen LogP contribution in [0.5, 0.6) is 0 Å². The van der Waals surface area contributed by atoms with Gasteiger partial charge in [-0.3, -0.25) is 4.79 Å². The van der Waals surface area contributed by atoms with Crippen molar-refractivity contribution in [3.05, 3.63) is 11.1 Å². The van der Waals surface area contributed by atoms with Crippen LogP contribution in [0.1, 0.15) is 52.9 Å². The molecule has 0 amide bonds. The lowest BCUT2D eigenvalue weighted by molar-refractivity contribution is -0.144. The average Bonchev–Trinajstić information content (AvgIpc) is 2.52. The van der Waals surface area contributed by atoms with Gasteiger partial charge in [-0.05, 0) is 44.4 Å². The first kappa shape index (κ1) is 11.3. The molecule has 2 aliphatic carbocycles. The maximum absolute atomic E-state index is 11.7. The van der Waals surface area contributed by atoms with Crippen LogP contribution in [0.2, 0.25) is 0 Å². The van der Waals surface area contributed by atoms with Gasteiger partial charge in [-0.15, -0.1) is 0 Å². The Balaban J connectivity index is 1.96. The summed E-state index contributed by atoms with van der Waals surface area (Å²) in [5.74, 6) is 0.575. The fraction of sp³-hybridized carbons (Fsp3) is 0.800. The second-order valence-corrected chi connectivity index (χ2v) is 6.51. The van der Waals surface area contributed by atoms with E-state index in [1.54, 1.807) is 11.1 Å². The highest BCUT2D eigenvalue weighted by molar-refractivity contribution is 5.75. The minimum atomic E-state index is 0.0282. The van der Waals surface area contributed by atoms with Gasteiger partial charge in [0.05, 0.1) is 5.92 Å². The molecule has 1 saturated heterocycles. The quantitative estimate of drug-likeness (QED) is 0.474. The fourth-order valence-corrected chi connectivity index (χ4v) is 4.23. The number of carbonyl (C=O) groups excluding carboxylic acids is 1. The van der Waals surface area contributed by atoms with E-state index in [1.165, 1.54) is 19.3 Å². The van der Waals surface area contributed by atoms with Gasteiger partial charge in [-0.1, -0.05) is 25.0 Å². The van der Waals surface area contributed by atoms with Gasteiger partial charge < -0.3 is 4.74 Å². The van der Waals surface area contributed by atoms with E-state index in [-0.39, 0.29) is 18.0 Å². The highest BCUT2D eigenvalue weighted by Crippen LogP contribution is 2.54. The average molecular weight is 234 g/mol. The number of esters is 1. The minimum absolute atomic E-state index is 0.0282. The Kier molecular flexibility index (Phi) is 2.39. The van der Waals surface area contributed by atoms with Gasteiger partial charge in [0.25, 0.3) is 0 Å². The van der Waals surface area contributed by atoms with Crippen molar-refractivity contribution in [1.29, 1.82) is 0 Å². The number of allylic oxidation sites excluding steroid dienone is 2. The van der Waals surface area contributed by atoms with Crippen molar-refractivity contribution in [2.45, 2.75) is 59.0 Å². The first-order chi connectivity index (χ1) is 8.01. The summed E-state index contributed by atoms with van der Waals surface area (Å²) in [5, 5.41) is 0. The zero-order valence-electron chi connectivity index (χ0n) is 11.1. The molecule has 0 aromatic carbocycles. The molecule has 2 nitrogen and oxygen atoms in total. The molecular formula is C15H22O2. The molecule has 3 rings (SSSR count). The largest absolute Gasteiger partial charge is 0.462 e. The molecular weight excluding hydrogens is 212 g/mol. The van der Waals surface area contributed by atoms with E-state index in [9.17, 15) is 4.79 Å². The molecule has 0 N–H and O–H groups in total. The van der Waals surface area contributed by atoms with Gasteiger partial charge >= 0.3 is 5.97 Å². The van der Waals surface area contributed by atoms with E-state index in [2.05, 4.69) is 13.8 Å². The molecule has 0 radical (unpaired) electrons. The summed E-state index contributed by atoms with van der Waals surface area (Å²) in [6.45, 7) is 6.70. The van der Waals surface area contributed by atoms with Crippen molar-refractivity contribution in [3.8, 4) is 0 Å². The second-order valence-electron chi connectivity index (χ2n) is 6.51. The third-order valence-corrected chi connectivity index (χ3v) is 5.37. The van der Waals surface area contributed by atoms with Crippen molar-refractivity contribution >= 4 is 5.97 Å². The number of carbonyl (C=O) groups is 1. The van der Waals surface area contributed by atoms with Crippen LogP contribution < -0.4 is 0 Å². The molecule has 94 valence electrons. The van der Waals surface area contributed by atoms with Crippen LogP contribution in [-0.2, 0) is 9.53 Å². The maximum Gasteiger partial charge on any atom is 0.309 e. The standard InChI is InChI=1S/C15H22O2/c1-9-5-4-6-15(3)8-13-11(7-12(9)15)10(2)14(16)17-13/h10-11,13H,4-8H2,1-3H3/t10-,11-,13-,15-/m0/s1. The SMILES string of the molecule is CC1=C2C[C@@H]3[C@H](C[C@]2(C)CCC1)OC(=O)[C@H]3C. The molecule has 0 unspecified atom stereocenters. The second kappa shape index (κ2) is 3.60. The molecule has 3 aliphatic rings. The highest BCUT2D eigenvalue weighted by atomic mass is 16.6. The predicted octanol–water partition coefficient (Wildman–Crippen LogP) is 3.46. The molecule has 0 aromatic heterocycles. The Morgan fingerprint density at radius 2 is 2.18 bits per heavy atom. The summed E-state index contributed by atoms with van der Waals surface area (Å²) in [6.07, 6.45) is 6.17. The lowest BCUT2D eigenvalue weighted by Gasteiger charge is -2.45. The van der Waals surface area contributed by atoms with Crippen LogP contribution in [-0.4, -0.2) is 12.1 Å². The zero-order chi connectivity index (χ0) is 12.2. The molecule has 1 aliphatic heterocycles. The van der Waals surface area contributed by atoms with Crippen LogP contribution in [0.4, 0.5) is 0 Å². The number of rotatable bonds is 0. The number of hydrogen-bond acceptors (Lipinski definition) is 2. The van der Waals surface area contributed by atoms with Crippen molar-refractivity contribution in [2.24, 2.45) is 17.3 Å². The Morgan fingerprint density at radius 3 is 2.94 bits per heavy atom. The number of ether oxygens (including phenoxy) is 1. The van der Waals surface area contributed by atoms with E-state index in [4.69, 9.17) is 4.74 Å². The van der Waals surface area contributed by atoms with Crippen LogP contribution in [0, 0.1) is 17.3 Å². The smallest absolute Gasteiger partial charge is 0.309 e. The lowest BCUT2D eigenvalue weighted by Crippen LogP contribution is -2.38. The number of hydrogen-bond donors (Lipinski definition) is 0. The Morgan fingerprint density at radius 1 is 1.41 bits per heavy atom. The van der Waals surface area contributed by atoms with Gasteiger partial charge in [0.1, 0.15) is 6.10 Å². The fourth-order valence-electron chi connectivity index (χ4n) is 4.23. The van der Waals surface area contributed by atoms with Crippen molar-refractivity contribution in [1.82, 2.24) is 0 Å². The molecule has 2 heteroatoms. The Hall–Kier alpha value is -0.790. The zero-order valence-corrected chi connectivity index (χ0v) is 11.1. The topological polar surface area (TPSA) is 26.3 Å². The molecule has 0 bridgehead atoms. The van der Waals surface area contributed by atoms with Gasteiger partial charge in [-0.25, -0.2) is 0 Å². The summed E-state index contributed by atoms with van der Waals surface area (Å²) in [6, 6.07) is 0. The molecule has 0 spiro atoms. The van der Waals surface area contributed by atoms with E-state index >= 15 is 0 Å². The van der Waals surface area contributed by atoms with Gasteiger partial charge in [0.2, 0.25) is 0 Å². The van der Waals surface area contributed by atoms with Crippen LogP contribution in [0.3, 0.4) is 0 Å². The monoisotopic (exact) mass is 234 g/mol.